The molecule has 0 radical (unpaired) electrons. The number of likely N-dealkylation sites (tertiary alicyclic amines) is 1. The monoisotopic (exact) mass is 355 g/mol. The van der Waals surface area contributed by atoms with E-state index in [2.05, 4.69) is 24.8 Å². The van der Waals surface area contributed by atoms with Gasteiger partial charge in [-0.1, -0.05) is 23.3 Å². The third-order valence-corrected chi connectivity index (χ3v) is 4.97. The number of allylic oxidation sites excluding steroid dienone is 2. The molecule has 1 aliphatic heterocycles. The Morgan fingerprint density at radius 1 is 1.46 bits per heavy atom. The minimum absolute atomic E-state index is 0.0901. The number of ether oxygens (including phenoxy) is 1. The zero-order chi connectivity index (χ0) is 17.7. The van der Waals surface area contributed by atoms with E-state index in [0.717, 1.165) is 37.9 Å². The molecule has 0 spiro atoms. The minimum atomic E-state index is -0.435. The molecule has 0 aromatic heterocycles. The Bertz CT molecular complexity index is 578. The van der Waals surface area contributed by atoms with Crippen LogP contribution < -0.4 is 4.74 Å². The highest BCUT2D eigenvalue weighted by Crippen LogP contribution is 2.35. The highest BCUT2D eigenvalue weighted by atomic mass is 35.5. The van der Waals surface area contributed by atoms with Crippen molar-refractivity contribution in [1.29, 1.82) is 0 Å². The van der Waals surface area contributed by atoms with Crippen molar-refractivity contribution in [3.8, 4) is 5.75 Å². The molecule has 1 aliphatic rings. The van der Waals surface area contributed by atoms with Crippen LogP contribution in [0, 0.1) is 11.2 Å². The van der Waals surface area contributed by atoms with E-state index in [0.29, 0.717) is 11.6 Å². The Morgan fingerprint density at radius 3 is 2.79 bits per heavy atom. The first-order valence-electron chi connectivity index (χ1n) is 8.37. The zero-order valence-electron chi connectivity index (χ0n) is 14.7. The van der Waals surface area contributed by atoms with Crippen LogP contribution in [0.25, 0.3) is 0 Å². The summed E-state index contributed by atoms with van der Waals surface area (Å²) in [6, 6.07) is 3.24. The molecule has 3 nitrogen and oxygen atoms in total. The molecular formula is C19H27ClFNO2. The Hall–Kier alpha value is -1.10. The normalized spacial score (nSPS) is 21.6. The quantitative estimate of drug-likeness (QED) is 0.767. The molecule has 1 N–H and O–H groups in total. The molecule has 1 aromatic rings. The summed E-state index contributed by atoms with van der Waals surface area (Å²) in [5, 5.41) is 10.2. The Balaban J connectivity index is 2.11. The lowest BCUT2D eigenvalue weighted by Gasteiger charge is -2.41. The molecule has 2 rings (SSSR count). The van der Waals surface area contributed by atoms with Gasteiger partial charge in [0.2, 0.25) is 0 Å². The lowest BCUT2D eigenvalue weighted by atomic mass is 9.77. The third kappa shape index (κ3) is 4.71. The fourth-order valence-corrected chi connectivity index (χ4v) is 3.69. The fraction of sp³-hybridized carbons (Fsp3) is 0.579. The van der Waals surface area contributed by atoms with Gasteiger partial charge in [-0.05, 0) is 57.4 Å². The predicted octanol–water partition coefficient (Wildman–Crippen LogP) is 4.42. The fourth-order valence-electron chi connectivity index (χ4n) is 3.38. The SMILES string of the molecule is COc1c(F)cc(CN2CCC[C@@](CO)(CC=C(C)C)C2)cc1Cl. The maximum Gasteiger partial charge on any atom is 0.173 e. The summed E-state index contributed by atoms with van der Waals surface area (Å²) in [5.74, 6) is -0.345. The standard InChI is InChI=1S/C19H27ClFNO2/c1-14(2)5-7-19(13-23)6-4-8-22(12-19)11-15-9-16(20)18(24-3)17(21)10-15/h5,9-10,23H,4,6-8,11-13H2,1-3H3/t19-/m1/s1. The number of hydrogen-bond acceptors (Lipinski definition) is 3. The maximum atomic E-state index is 14.0. The molecule has 134 valence electrons. The second kappa shape index (κ2) is 8.32. The summed E-state index contributed by atoms with van der Waals surface area (Å²) in [4.78, 5) is 2.27. The molecule has 0 bridgehead atoms. The van der Waals surface area contributed by atoms with E-state index in [-0.39, 0.29) is 17.8 Å². The summed E-state index contributed by atoms with van der Waals surface area (Å²) in [6.07, 6.45) is 5.12. The molecular weight excluding hydrogens is 329 g/mol. The van der Waals surface area contributed by atoms with E-state index in [4.69, 9.17) is 16.3 Å². The van der Waals surface area contributed by atoms with Crippen LogP contribution in [0.1, 0.15) is 38.7 Å². The molecule has 1 fully saturated rings. The van der Waals surface area contributed by atoms with Gasteiger partial charge in [0.1, 0.15) is 0 Å². The molecule has 0 unspecified atom stereocenters. The number of methoxy groups -OCH3 is 1. The smallest absolute Gasteiger partial charge is 0.173 e. The van der Waals surface area contributed by atoms with Crippen LogP contribution in [0.15, 0.2) is 23.8 Å². The van der Waals surface area contributed by atoms with Gasteiger partial charge in [0.25, 0.3) is 0 Å². The van der Waals surface area contributed by atoms with E-state index >= 15 is 0 Å². The number of piperidine rings is 1. The first-order valence-corrected chi connectivity index (χ1v) is 8.75. The average molecular weight is 356 g/mol. The van der Waals surface area contributed by atoms with Crippen molar-refractivity contribution in [2.45, 2.75) is 39.7 Å². The van der Waals surface area contributed by atoms with Crippen molar-refractivity contribution in [3.63, 3.8) is 0 Å². The first kappa shape index (κ1) is 19.2. The molecule has 0 aliphatic carbocycles. The van der Waals surface area contributed by atoms with Crippen LogP contribution in [0.3, 0.4) is 0 Å². The van der Waals surface area contributed by atoms with Gasteiger partial charge in [-0.15, -0.1) is 0 Å². The number of halogens is 2. The van der Waals surface area contributed by atoms with Gasteiger partial charge in [-0.2, -0.15) is 0 Å². The van der Waals surface area contributed by atoms with Crippen LogP contribution in [-0.4, -0.2) is 36.8 Å². The molecule has 1 saturated heterocycles. The van der Waals surface area contributed by atoms with Crippen molar-refractivity contribution < 1.29 is 14.2 Å². The highest BCUT2D eigenvalue weighted by Gasteiger charge is 2.34. The van der Waals surface area contributed by atoms with Crippen molar-refractivity contribution >= 4 is 11.6 Å². The Kier molecular flexibility index (Phi) is 6.67. The van der Waals surface area contributed by atoms with Crippen molar-refractivity contribution in [3.05, 3.63) is 40.2 Å². The van der Waals surface area contributed by atoms with E-state index in [1.807, 2.05) is 0 Å². The van der Waals surface area contributed by atoms with Crippen LogP contribution >= 0.6 is 11.6 Å². The largest absolute Gasteiger partial charge is 0.492 e. The summed E-state index contributed by atoms with van der Waals surface area (Å²) in [7, 11) is 1.41. The average Bonchev–Trinajstić information content (AvgIpc) is 2.53. The zero-order valence-corrected chi connectivity index (χ0v) is 15.5. The number of aliphatic hydroxyl groups excluding tert-OH is 1. The third-order valence-electron chi connectivity index (χ3n) is 4.69. The Labute approximate surface area is 149 Å². The molecule has 1 aromatic carbocycles. The van der Waals surface area contributed by atoms with E-state index in [1.165, 1.54) is 18.7 Å². The van der Waals surface area contributed by atoms with Crippen molar-refractivity contribution in [2.75, 3.05) is 26.8 Å². The summed E-state index contributed by atoms with van der Waals surface area (Å²) in [5.41, 5.74) is 1.99. The summed E-state index contributed by atoms with van der Waals surface area (Å²) in [6.45, 7) is 6.70. The second-order valence-corrected chi connectivity index (χ2v) is 7.46. The molecule has 24 heavy (non-hydrogen) atoms. The molecule has 5 heteroatoms. The van der Waals surface area contributed by atoms with E-state index < -0.39 is 5.82 Å². The highest BCUT2D eigenvalue weighted by molar-refractivity contribution is 6.32. The molecule has 1 heterocycles. The van der Waals surface area contributed by atoms with Crippen molar-refractivity contribution in [2.24, 2.45) is 5.41 Å². The van der Waals surface area contributed by atoms with Gasteiger partial charge in [-0.25, -0.2) is 4.39 Å². The van der Waals surface area contributed by atoms with E-state index in [1.54, 1.807) is 6.07 Å². The lowest BCUT2D eigenvalue weighted by molar-refractivity contribution is 0.0307. The second-order valence-electron chi connectivity index (χ2n) is 7.05. The van der Waals surface area contributed by atoms with Crippen molar-refractivity contribution in [1.82, 2.24) is 4.90 Å². The van der Waals surface area contributed by atoms with Gasteiger partial charge in [0.15, 0.2) is 11.6 Å². The summed E-state index contributed by atoms with van der Waals surface area (Å²) >= 11 is 6.09. The van der Waals surface area contributed by atoms with Crippen LogP contribution in [-0.2, 0) is 6.54 Å². The number of nitrogens with zero attached hydrogens (tertiary/aromatic N) is 1. The number of rotatable bonds is 6. The Morgan fingerprint density at radius 2 is 2.21 bits per heavy atom. The van der Waals surface area contributed by atoms with Gasteiger partial charge in [-0.3, -0.25) is 4.90 Å². The molecule has 1 atom stereocenters. The number of benzene rings is 1. The topological polar surface area (TPSA) is 32.7 Å². The number of hydrogen-bond donors (Lipinski definition) is 1. The summed E-state index contributed by atoms with van der Waals surface area (Å²) < 4.78 is 19.0. The van der Waals surface area contributed by atoms with Gasteiger partial charge in [0.05, 0.1) is 18.7 Å². The van der Waals surface area contributed by atoms with E-state index in [9.17, 15) is 9.50 Å². The van der Waals surface area contributed by atoms with Crippen LogP contribution in [0.4, 0.5) is 4.39 Å². The molecule has 0 saturated carbocycles. The first-order chi connectivity index (χ1) is 11.4. The van der Waals surface area contributed by atoms with Crippen LogP contribution in [0.5, 0.6) is 5.75 Å². The minimum Gasteiger partial charge on any atom is -0.492 e. The molecule has 0 amide bonds. The van der Waals surface area contributed by atoms with Gasteiger partial charge in [0, 0.05) is 18.5 Å². The predicted molar refractivity (Wildman–Crippen MR) is 96.0 cm³/mol. The lowest BCUT2D eigenvalue weighted by Crippen LogP contribution is -2.44. The van der Waals surface area contributed by atoms with Gasteiger partial charge >= 0.3 is 0 Å². The number of aliphatic hydroxyl groups is 1. The van der Waals surface area contributed by atoms with Crippen LogP contribution in [0.2, 0.25) is 5.02 Å². The maximum absolute atomic E-state index is 14.0. The van der Waals surface area contributed by atoms with Gasteiger partial charge < -0.3 is 9.84 Å².